The van der Waals surface area contributed by atoms with E-state index >= 15 is 0 Å². The summed E-state index contributed by atoms with van der Waals surface area (Å²) in [6.45, 7) is 31.0. The number of hydrogen-bond donors (Lipinski definition) is 2. The van der Waals surface area contributed by atoms with Gasteiger partial charge in [0.25, 0.3) is 0 Å². The molecular weight excluding hydrogens is 652 g/mol. The first kappa shape index (κ1) is 49.8. The highest BCUT2D eigenvalue weighted by molar-refractivity contribution is 6.01. The van der Waals surface area contributed by atoms with Crippen molar-refractivity contribution in [1.82, 2.24) is 10.6 Å². The van der Waals surface area contributed by atoms with Gasteiger partial charge in [-0.2, -0.15) is 0 Å². The van der Waals surface area contributed by atoms with Crippen LogP contribution in [0.25, 0.3) is 0 Å². The molecule has 0 radical (unpaired) electrons. The van der Waals surface area contributed by atoms with Gasteiger partial charge in [0.05, 0.1) is 18.0 Å². The van der Waals surface area contributed by atoms with E-state index in [4.69, 9.17) is 0 Å². The molecule has 0 heterocycles. The standard InChI is InChI=1S/C44H80N2O6/c1-17-40(12,18-2)34(47)27-31(30(11)37(50)32(46-44(16,25-9)26-10)28-35(48)41(13,19-3)20-4)39(52)45-33(38(51)43(15,23-7)24-8)29-36(49)42(14,21-5)22-6/h30-33,46H,17-29H2,1-16H3,(H,45,52). The van der Waals surface area contributed by atoms with Crippen molar-refractivity contribution in [1.29, 1.82) is 0 Å². The van der Waals surface area contributed by atoms with Gasteiger partial charge in [-0.25, -0.2) is 0 Å². The van der Waals surface area contributed by atoms with E-state index in [0.29, 0.717) is 51.4 Å². The fourth-order valence-electron chi connectivity index (χ4n) is 6.86. The van der Waals surface area contributed by atoms with Crippen LogP contribution in [0.15, 0.2) is 0 Å². The quantitative estimate of drug-likeness (QED) is 0.0820. The lowest BCUT2D eigenvalue weighted by atomic mass is 9.72. The Morgan fingerprint density at radius 1 is 0.462 bits per heavy atom. The fraction of sp³-hybridized carbons (Fsp3) is 0.864. The summed E-state index contributed by atoms with van der Waals surface area (Å²) in [6.07, 6.45) is 5.78. The molecule has 0 fully saturated rings. The molecule has 8 heteroatoms. The second kappa shape index (κ2) is 21.0. The van der Waals surface area contributed by atoms with Crippen LogP contribution in [0.1, 0.15) is 194 Å². The Labute approximate surface area is 319 Å². The normalized spacial score (nSPS) is 15.4. The monoisotopic (exact) mass is 733 g/mol. The molecule has 1 amide bonds. The minimum atomic E-state index is -1.10. The first-order valence-corrected chi connectivity index (χ1v) is 20.8. The van der Waals surface area contributed by atoms with E-state index in [1.165, 1.54) is 0 Å². The SMILES string of the molecule is CCC(C)(CC)NC(CC(=O)C(C)(CC)CC)C(=O)C(C)C(CC(=O)C(C)(CC)CC)C(=O)NC(CC(=O)C(C)(CC)CC)C(=O)C(C)(CC)CC. The van der Waals surface area contributed by atoms with Crippen LogP contribution in [-0.2, 0) is 28.8 Å². The van der Waals surface area contributed by atoms with Crippen LogP contribution >= 0.6 is 0 Å². The minimum Gasteiger partial charge on any atom is -0.346 e. The van der Waals surface area contributed by atoms with Crippen molar-refractivity contribution in [3.63, 3.8) is 0 Å². The average molecular weight is 733 g/mol. The second-order valence-corrected chi connectivity index (χ2v) is 17.1. The molecule has 0 spiro atoms. The Hall–Kier alpha value is -2.22. The van der Waals surface area contributed by atoms with Gasteiger partial charge >= 0.3 is 0 Å². The molecule has 0 saturated carbocycles. The Morgan fingerprint density at radius 2 is 0.788 bits per heavy atom. The van der Waals surface area contributed by atoms with E-state index in [2.05, 4.69) is 10.6 Å². The Bertz CT molecular complexity index is 1200. The maximum atomic E-state index is 14.7. The van der Waals surface area contributed by atoms with Gasteiger partial charge in [0, 0.05) is 52.4 Å². The third-order valence-corrected chi connectivity index (χ3v) is 14.5. The molecule has 0 aliphatic heterocycles. The summed E-state index contributed by atoms with van der Waals surface area (Å²) in [6, 6.07) is -1.96. The molecule has 2 N–H and O–H groups in total. The molecule has 0 aromatic rings. The maximum absolute atomic E-state index is 14.7. The van der Waals surface area contributed by atoms with Gasteiger partial charge in [0.1, 0.15) is 17.3 Å². The molecule has 0 aliphatic carbocycles. The van der Waals surface area contributed by atoms with E-state index in [9.17, 15) is 28.8 Å². The van der Waals surface area contributed by atoms with Crippen LogP contribution in [0.4, 0.5) is 0 Å². The fourth-order valence-corrected chi connectivity index (χ4v) is 6.86. The number of nitrogens with one attached hydrogen (secondary N) is 2. The highest BCUT2D eigenvalue weighted by Crippen LogP contribution is 2.36. The molecule has 4 unspecified atom stereocenters. The highest BCUT2D eigenvalue weighted by atomic mass is 16.2. The van der Waals surface area contributed by atoms with Crippen LogP contribution in [0.5, 0.6) is 0 Å². The molecule has 0 bridgehead atoms. The topological polar surface area (TPSA) is 126 Å². The maximum Gasteiger partial charge on any atom is 0.224 e. The predicted molar refractivity (Wildman–Crippen MR) is 214 cm³/mol. The molecule has 0 saturated heterocycles. The van der Waals surface area contributed by atoms with Crippen molar-refractivity contribution in [3.05, 3.63) is 0 Å². The molecule has 0 aromatic carbocycles. The van der Waals surface area contributed by atoms with E-state index in [1.54, 1.807) is 6.92 Å². The number of rotatable bonds is 28. The zero-order chi connectivity index (χ0) is 40.9. The van der Waals surface area contributed by atoms with Gasteiger partial charge < -0.3 is 10.6 Å². The van der Waals surface area contributed by atoms with Gasteiger partial charge in [0.15, 0.2) is 11.6 Å². The molecule has 8 nitrogen and oxygen atoms in total. The molecule has 302 valence electrons. The van der Waals surface area contributed by atoms with Crippen molar-refractivity contribution in [2.75, 3.05) is 0 Å². The predicted octanol–water partition coefficient (Wildman–Crippen LogP) is 9.58. The summed E-state index contributed by atoms with van der Waals surface area (Å²) in [5.41, 5.74) is -3.14. The van der Waals surface area contributed by atoms with E-state index in [-0.39, 0.29) is 48.2 Å². The van der Waals surface area contributed by atoms with Crippen molar-refractivity contribution in [3.8, 4) is 0 Å². The first-order valence-electron chi connectivity index (χ1n) is 20.8. The zero-order valence-electron chi connectivity index (χ0n) is 36.5. The van der Waals surface area contributed by atoms with Crippen LogP contribution in [0.2, 0.25) is 0 Å². The largest absolute Gasteiger partial charge is 0.346 e. The molecule has 0 rings (SSSR count). The van der Waals surface area contributed by atoms with E-state index in [1.807, 2.05) is 104 Å². The van der Waals surface area contributed by atoms with Gasteiger partial charge in [-0.15, -0.1) is 0 Å². The van der Waals surface area contributed by atoms with Gasteiger partial charge in [-0.3, -0.25) is 28.8 Å². The summed E-state index contributed by atoms with van der Waals surface area (Å²) in [4.78, 5) is 85.3. The van der Waals surface area contributed by atoms with E-state index in [0.717, 1.165) is 12.8 Å². The number of amides is 1. The highest BCUT2D eigenvalue weighted by Gasteiger charge is 2.45. The summed E-state index contributed by atoms with van der Waals surface area (Å²) >= 11 is 0. The Balaban J connectivity index is 7.33. The van der Waals surface area contributed by atoms with Crippen molar-refractivity contribution >= 4 is 34.8 Å². The lowest BCUT2D eigenvalue weighted by Gasteiger charge is -2.37. The van der Waals surface area contributed by atoms with Gasteiger partial charge in [-0.05, 0) is 71.1 Å². The molecule has 4 atom stereocenters. The van der Waals surface area contributed by atoms with Crippen LogP contribution in [-0.4, -0.2) is 52.4 Å². The number of carbonyl (C=O) groups is 6. The summed E-state index contributed by atoms with van der Waals surface area (Å²) in [5.74, 6) is -3.36. The number of ketones is 5. The Morgan fingerprint density at radius 3 is 1.12 bits per heavy atom. The Kier molecular flexibility index (Phi) is 20.1. The third kappa shape index (κ3) is 12.1. The van der Waals surface area contributed by atoms with Gasteiger partial charge in [-0.1, -0.05) is 104 Å². The lowest BCUT2D eigenvalue weighted by molar-refractivity contribution is -0.143. The van der Waals surface area contributed by atoms with Gasteiger partial charge in [0.2, 0.25) is 5.91 Å². The molecule has 0 aliphatic rings. The number of carbonyl (C=O) groups excluding carboxylic acids is 6. The number of Topliss-reactive ketones (excluding diaryl/α,β-unsaturated/α-hetero) is 5. The average Bonchev–Trinajstić information content (AvgIpc) is 3.16. The molecular formula is C44H80N2O6. The van der Waals surface area contributed by atoms with Crippen molar-refractivity contribution in [2.45, 2.75) is 212 Å². The zero-order valence-corrected chi connectivity index (χ0v) is 36.5. The third-order valence-electron chi connectivity index (χ3n) is 14.5. The second-order valence-electron chi connectivity index (χ2n) is 17.1. The summed E-state index contributed by atoms with van der Waals surface area (Å²) in [5, 5.41) is 6.49. The van der Waals surface area contributed by atoms with Crippen LogP contribution < -0.4 is 10.6 Å². The first-order chi connectivity index (χ1) is 24.0. The molecule has 0 aromatic heterocycles. The van der Waals surface area contributed by atoms with Crippen LogP contribution in [0.3, 0.4) is 0 Å². The summed E-state index contributed by atoms with van der Waals surface area (Å²) in [7, 11) is 0. The van der Waals surface area contributed by atoms with Crippen molar-refractivity contribution < 1.29 is 28.8 Å². The van der Waals surface area contributed by atoms with E-state index < -0.39 is 57.0 Å². The number of hydrogen-bond acceptors (Lipinski definition) is 7. The lowest BCUT2D eigenvalue weighted by Crippen LogP contribution is -2.56. The smallest absolute Gasteiger partial charge is 0.224 e. The minimum absolute atomic E-state index is 0.00999. The van der Waals surface area contributed by atoms with Crippen LogP contribution in [0, 0.1) is 33.5 Å². The molecule has 52 heavy (non-hydrogen) atoms. The summed E-state index contributed by atoms with van der Waals surface area (Å²) < 4.78 is 0. The van der Waals surface area contributed by atoms with Crippen molar-refractivity contribution in [2.24, 2.45) is 33.5 Å².